The maximum absolute atomic E-state index is 12.5. The predicted octanol–water partition coefficient (Wildman–Crippen LogP) is 0.795. The molecule has 0 saturated carbocycles. The number of aromatic amines is 1. The summed E-state index contributed by atoms with van der Waals surface area (Å²) in [5, 5.41) is 9.38. The molecular formula is C15H17N3O4. The van der Waals surface area contributed by atoms with E-state index in [1.54, 1.807) is 31.2 Å². The van der Waals surface area contributed by atoms with Gasteiger partial charge in [-0.05, 0) is 31.9 Å². The van der Waals surface area contributed by atoms with Crippen molar-refractivity contribution in [2.24, 2.45) is 0 Å². The Morgan fingerprint density at radius 2 is 2.09 bits per heavy atom. The Balaban J connectivity index is 1.92. The van der Waals surface area contributed by atoms with Crippen molar-refractivity contribution in [2.45, 2.75) is 31.8 Å². The van der Waals surface area contributed by atoms with Crippen molar-refractivity contribution < 1.29 is 14.7 Å². The molecule has 1 fully saturated rings. The number of aliphatic carboxylic acids is 1. The molecule has 2 heterocycles. The first-order chi connectivity index (χ1) is 10.4. The molecule has 22 heavy (non-hydrogen) atoms. The summed E-state index contributed by atoms with van der Waals surface area (Å²) < 4.78 is 1.35. The summed E-state index contributed by atoms with van der Waals surface area (Å²) >= 11 is 0. The number of imidazole rings is 1. The highest BCUT2D eigenvalue weighted by Crippen LogP contribution is 2.29. The molecule has 2 N–H and O–H groups in total. The van der Waals surface area contributed by atoms with Gasteiger partial charge >= 0.3 is 11.7 Å². The Morgan fingerprint density at radius 1 is 1.36 bits per heavy atom. The van der Waals surface area contributed by atoms with Crippen LogP contribution in [-0.4, -0.2) is 43.5 Å². The van der Waals surface area contributed by atoms with Gasteiger partial charge < -0.3 is 15.0 Å². The van der Waals surface area contributed by atoms with Crippen LogP contribution in [0.15, 0.2) is 29.1 Å². The summed E-state index contributed by atoms with van der Waals surface area (Å²) in [6.07, 6.45) is 1.08. The summed E-state index contributed by atoms with van der Waals surface area (Å²) in [5.74, 6) is -1.36. The second-order valence-corrected chi connectivity index (χ2v) is 5.76. The number of hydrogen-bond donors (Lipinski definition) is 2. The number of carboxylic acids is 1. The minimum Gasteiger partial charge on any atom is -0.480 e. The van der Waals surface area contributed by atoms with Crippen LogP contribution in [0.3, 0.4) is 0 Å². The first-order valence-corrected chi connectivity index (χ1v) is 7.15. The fraction of sp³-hybridized carbons (Fsp3) is 0.400. The van der Waals surface area contributed by atoms with Crippen LogP contribution in [0.2, 0.25) is 0 Å². The predicted molar refractivity (Wildman–Crippen MR) is 79.5 cm³/mol. The number of hydrogen-bond acceptors (Lipinski definition) is 3. The summed E-state index contributed by atoms with van der Waals surface area (Å²) in [6.45, 7) is 1.79. The molecule has 1 saturated heterocycles. The van der Waals surface area contributed by atoms with E-state index < -0.39 is 11.5 Å². The van der Waals surface area contributed by atoms with Gasteiger partial charge in [-0.2, -0.15) is 0 Å². The average Bonchev–Trinajstić information content (AvgIpc) is 3.01. The van der Waals surface area contributed by atoms with Gasteiger partial charge in [-0.1, -0.05) is 12.1 Å². The average molecular weight is 303 g/mol. The van der Waals surface area contributed by atoms with E-state index >= 15 is 0 Å². The molecule has 1 aliphatic heterocycles. The first-order valence-electron chi connectivity index (χ1n) is 7.15. The van der Waals surface area contributed by atoms with E-state index in [4.69, 9.17) is 0 Å². The van der Waals surface area contributed by atoms with Crippen molar-refractivity contribution in [2.75, 3.05) is 6.54 Å². The number of aromatic nitrogens is 2. The number of likely N-dealkylation sites (tertiary alicyclic amines) is 1. The Kier molecular flexibility index (Phi) is 3.27. The smallest absolute Gasteiger partial charge is 0.329 e. The van der Waals surface area contributed by atoms with Gasteiger partial charge in [-0.15, -0.1) is 0 Å². The summed E-state index contributed by atoms with van der Waals surface area (Å²) in [4.78, 5) is 40.0. The van der Waals surface area contributed by atoms with Crippen LogP contribution in [0.25, 0.3) is 11.0 Å². The fourth-order valence-corrected chi connectivity index (χ4v) is 3.07. The third-order valence-corrected chi connectivity index (χ3v) is 4.38. The number of carboxylic acid groups (broad SMARTS) is 1. The van der Waals surface area contributed by atoms with Crippen LogP contribution in [0.1, 0.15) is 19.8 Å². The van der Waals surface area contributed by atoms with E-state index in [1.165, 1.54) is 9.47 Å². The molecule has 1 atom stereocenters. The number of amides is 1. The van der Waals surface area contributed by atoms with Crippen molar-refractivity contribution in [1.29, 1.82) is 0 Å². The number of benzene rings is 1. The van der Waals surface area contributed by atoms with Crippen molar-refractivity contribution in [3.05, 3.63) is 34.7 Å². The number of carbonyl (C=O) groups excluding carboxylic acids is 1. The van der Waals surface area contributed by atoms with Crippen LogP contribution < -0.4 is 5.69 Å². The minimum atomic E-state index is -1.19. The van der Waals surface area contributed by atoms with E-state index in [2.05, 4.69) is 4.98 Å². The third-order valence-electron chi connectivity index (χ3n) is 4.38. The lowest BCUT2D eigenvalue weighted by molar-refractivity contribution is -0.155. The Labute approximate surface area is 126 Å². The summed E-state index contributed by atoms with van der Waals surface area (Å²) in [6, 6.07) is 7.09. The monoisotopic (exact) mass is 303 g/mol. The zero-order valence-electron chi connectivity index (χ0n) is 12.2. The largest absolute Gasteiger partial charge is 0.480 e. The van der Waals surface area contributed by atoms with E-state index in [-0.39, 0.29) is 18.1 Å². The normalized spacial score (nSPS) is 21.4. The number of nitrogens with one attached hydrogen (secondary N) is 1. The minimum absolute atomic E-state index is 0.161. The highest BCUT2D eigenvalue weighted by Gasteiger charge is 2.45. The molecule has 3 rings (SSSR count). The van der Waals surface area contributed by atoms with Gasteiger partial charge in [0.1, 0.15) is 12.1 Å². The second kappa shape index (κ2) is 5.01. The lowest BCUT2D eigenvalue weighted by Crippen LogP contribution is -2.52. The summed E-state index contributed by atoms with van der Waals surface area (Å²) in [7, 11) is 0. The van der Waals surface area contributed by atoms with Crippen LogP contribution in [0.4, 0.5) is 0 Å². The Bertz CT molecular complexity index is 806. The molecule has 1 aromatic carbocycles. The quantitative estimate of drug-likeness (QED) is 0.876. The molecule has 1 amide bonds. The van der Waals surface area contributed by atoms with Crippen LogP contribution in [-0.2, 0) is 16.1 Å². The molecule has 0 bridgehead atoms. The molecule has 7 heteroatoms. The molecule has 2 aromatic rings. The van der Waals surface area contributed by atoms with E-state index in [0.717, 1.165) is 0 Å². The van der Waals surface area contributed by atoms with Gasteiger partial charge in [-0.3, -0.25) is 9.36 Å². The number of rotatable bonds is 3. The van der Waals surface area contributed by atoms with E-state index in [9.17, 15) is 19.5 Å². The van der Waals surface area contributed by atoms with Crippen LogP contribution in [0.5, 0.6) is 0 Å². The Morgan fingerprint density at radius 3 is 2.82 bits per heavy atom. The molecule has 0 spiro atoms. The molecular weight excluding hydrogens is 286 g/mol. The standard InChI is InChI=1S/C15H17N3O4/c1-15(13(20)21)7-4-8-18(15)12(19)9-17-11-6-3-2-5-10(11)16-14(17)22/h2-3,5-6H,4,7-9H2,1H3,(H,16,22)(H,20,21). The number of para-hydroxylation sites is 2. The van der Waals surface area contributed by atoms with Crippen molar-refractivity contribution in [3.63, 3.8) is 0 Å². The number of carbonyl (C=O) groups is 2. The van der Waals surface area contributed by atoms with E-state index in [1.807, 2.05) is 0 Å². The van der Waals surface area contributed by atoms with E-state index in [0.29, 0.717) is 30.4 Å². The third kappa shape index (κ3) is 2.09. The van der Waals surface area contributed by atoms with Gasteiger partial charge in [0.25, 0.3) is 0 Å². The van der Waals surface area contributed by atoms with Gasteiger partial charge in [0, 0.05) is 6.54 Å². The maximum Gasteiger partial charge on any atom is 0.329 e. The fourth-order valence-electron chi connectivity index (χ4n) is 3.07. The molecule has 116 valence electrons. The first kappa shape index (κ1) is 14.4. The highest BCUT2D eigenvalue weighted by atomic mass is 16.4. The Hall–Kier alpha value is -2.57. The van der Waals surface area contributed by atoms with Gasteiger partial charge in [0.2, 0.25) is 5.91 Å². The SMILES string of the molecule is CC1(C(=O)O)CCCN1C(=O)Cn1c(=O)[nH]c2ccccc21. The number of nitrogens with zero attached hydrogens (tertiary/aromatic N) is 2. The van der Waals surface area contributed by atoms with Gasteiger partial charge in [-0.25, -0.2) is 9.59 Å². The number of fused-ring (bicyclic) bond motifs is 1. The molecule has 1 unspecified atom stereocenters. The molecule has 1 aromatic heterocycles. The second-order valence-electron chi connectivity index (χ2n) is 5.76. The lowest BCUT2D eigenvalue weighted by atomic mass is 9.99. The lowest BCUT2D eigenvalue weighted by Gasteiger charge is -2.31. The maximum atomic E-state index is 12.5. The zero-order chi connectivity index (χ0) is 15.9. The van der Waals surface area contributed by atoms with Crippen molar-refractivity contribution in [3.8, 4) is 0 Å². The number of H-pyrrole nitrogens is 1. The molecule has 1 aliphatic rings. The van der Waals surface area contributed by atoms with Crippen molar-refractivity contribution >= 4 is 22.9 Å². The van der Waals surface area contributed by atoms with Gasteiger partial charge in [0.05, 0.1) is 11.0 Å². The summed E-state index contributed by atoms with van der Waals surface area (Å²) in [5.41, 5.74) is -0.266. The molecule has 0 aliphatic carbocycles. The highest BCUT2D eigenvalue weighted by molar-refractivity contribution is 5.88. The zero-order valence-corrected chi connectivity index (χ0v) is 12.2. The molecule has 7 nitrogen and oxygen atoms in total. The van der Waals surface area contributed by atoms with Crippen LogP contribution >= 0.6 is 0 Å². The van der Waals surface area contributed by atoms with Gasteiger partial charge in [0.15, 0.2) is 0 Å². The van der Waals surface area contributed by atoms with Crippen molar-refractivity contribution in [1.82, 2.24) is 14.5 Å². The molecule has 0 radical (unpaired) electrons. The van der Waals surface area contributed by atoms with Crippen LogP contribution in [0, 0.1) is 0 Å². The topological polar surface area (TPSA) is 95.4 Å².